The molecule has 0 fully saturated rings. The lowest BCUT2D eigenvalue weighted by Crippen LogP contribution is -2.21. The molecule has 0 radical (unpaired) electrons. The second-order valence-electron chi connectivity index (χ2n) is 2.07. The van der Waals surface area contributed by atoms with Crippen molar-refractivity contribution in [2.45, 2.75) is 6.42 Å². The van der Waals surface area contributed by atoms with Crippen LogP contribution in [0.25, 0.3) is 0 Å². The van der Waals surface area contributed by atoms with E-state index in [2.05, 4.69) is 5.32 Å². The monoisotopic (exact) mass is 174 g/mol. The molecule has 2 amide bonds. The molecule has 0 saturated heterocycles. The topological polar surface area (TPSA) is 66.5 Å². The zero-order chi connectivity index (χ0) is 9.98. The van der Waals surface area contributed by atoms with Gasteiger partial charge in [0.05, 0.1) is 6.42 Å². The highest BCUT2D eigenvalue weighted by Gasteiger charge is 1.99. The highest BCUT2D eigenvalue weighted by Crippen LogP contribution is 1.80. The van der Waals surface area contributed by atoms with Gasteiger partial charge in [0.2, 0.25) is 12.3 Å². The number of hydrogen-bond donors (Lipinski definition) is 1. The zero-order valence-corrected chi connectivity index (χ0v) is 7.53. The van der Waals surface area contributed by atoms with Crippen LogP contribution in [0.2, 0.25) is 0 Å². The predicted octanol–water partition coefficient (Wildman–Crippen LogP) is -0.974. The molecule has 0 aliphatic carbocycles. The Bertz CT molecular complexity index is 146. The third-order valence-corrected chi connectivity index (χ3v) is 0.875. The van der Waals surface area contributed by atoms with Gasteiger partial charge in [-0.1, -0.05) is 0 Å². The van der Waals surface area contributed by atoms with E-state index in [4.69, 9.17) is 4.79 Å². The van der Waals surface area contributed by atoms with Crippen molar-refractivity contribution >= 4 is 18.6 Å². The summed E-state index contributed by atoms with van der Waals surface area (Å²) in [4.78, 5) is 30.6. The Balaban J connectivity index is 0. The Hall–Kier alpha value is -1.39. The molecule has 0 spiro atoms. The minimum atomic E-state index is -0.153. The number of carbonyl (C=O) groups is 3. The van der Waals surface area contributed by atoms with Gasteiger partial charge >= 0.3 is 0 Å². The van der Waals surface area contributed by atoms with Crippen LogP contribution in [-0.2, 0) is 14.4 Å². The van der Waals surface area contributed by atoms with E-state index in [0.29, 0.717) is 12.7 Å². The number of aldehydes is 1. The van der Waals surface area contributed by atoms with E-state index >= 15 is 0 Å². The Labute approximate surface area is 71.7 Å². The van der Waals surface area contributed by atoms with Crippen LogP contribution in [0.3, 0.4) is 0 Å². The maximum atomic E-state index is 10.4. The van der Waals surface area contributed by atoms with Crippen molar-refractivity contribution in [2.24, 2.45) is 0 Å². The molecule has 0 unspecified atom stereocenters. The minimum absolute atomic E-state index is 0.00694. The van der Waals surface area contributed by atoms with Crippen LogP contribution in [0.15, 0.2) is 0 Å². The van der Waals surface area contributed by atoms with Gasteiger partial charge in [-0.25, -0.2) is 0 Å². The molecular weight excluding hydrogens is 160 g/mol. The number of amides is 2. The van der Waals surface area contributed by atoms with Crippen LogP contribution in [0.1, 0.15) is 6.42 Å². The largest absolute Gasteiger partial charge is 0.362 e. The zero-order valence-electron chi connectivity index (χ0n) is 7.53. The lowest BCUT2D eigenvalue weighted by atomic mass is 10.4. The molecule has 0 aromatic rings. The number of nitrogens with zero attached hydrogens (tertiary/aromatic N) is 1. The first-order valence-corrected chi connectivity index (χ1v) is 3.34. The summed E-state index contributed by atoms with van der Waals surface area (Å²) >= 11 is 0. The van der Waals surface area contributed by atoms with E-state index in [1.54, 1.807) is 21.1 Å². The normalized spacial score (nSPS) is 7.25. The summed E-state index contributed by atoms with van der Waals surface area (Å²) in [6.45, 7) is 0. The SMILES string of the molecule is CN(C)C(=O)CC=O.CNC=O. The molecule has 0 aromatic heterocycles. The Morgan fingerprint density at radius 1 is 1.42 bits per heavy atom. The average molecular weight is 174 g/mol. The molecule has 0 rings (SSSR count). The van der Waals surface area contributed by atoms with Crippen molar-refractivity contribution < 1.29 is 14.4 Å². The highest BCUT2D eigenvalue weighted by atomic mass is 16.2. The first kappa shape index (κ1) is 13.2. The van der Waals surface area contributed by atoms with E-state index in [9.17, 15) is 9.59 Å². The fourth-order valence-corrected chi connectivity index (χ4v) is 0.254. The summed E-state index contributed by atoms with van der Waals surface area (Å²) in [5.74, 6) is -0.153. The third kappa shape index (κ3) is 11.4. The Morgan fingerprint density at radius 3 is 1.92 bits per heavy atom. The van der Waals surface area contributed by atoms with E-state index in [1.165, 1.54) is 4.90 Å². The quantitative estimate of drug-likeness (QED) is 0.442. The summed E-state index contributed by atoms with van der Waals surface area (Å²) in [6, 6.07) is 0. The maximum absolute atomic E-state index is 10.4. The first-order chi connectivity index (χ1) is 5.59. The van der Waals surface area contributed by atoms with Crippen LogP contribution in [0, 0.1) is 0 Å². The smallest absolute Gasteiger partial charge is 0.229 e. The van der Waals surface area contributed by atoms with Crippen molar-refractivity contribution in [3.63, 3.8) is 0 Å². The van der Waals surface area contributed by atoms with Gasteiger partial charge in [-0.05, 0) is 0 Å². The lowest BCUT2D eigenvalue weighted by molar-refractivity contribution is -0.130. The molecule has 0 atom stereocenters. The average Bonchev–Trinajstić information content (AvgIpc) is 2.05. The van der Waals surface area contributed by atoms with Gasteiger partial charge in [0.1, 0.15) is 6.29 Å². The van der Waals surface area contributed by atoms with Crippen LogP contribution in [-0.4, -0.2) is 44.6 Å². The number of rotatable bonds is 3. The van der Waals surface area contributed by atoms with E-state index in [-0.39, 0.29) is 12.3 Å². The van der Waals surface area contributed by atoms with E-state index in [0.717, 1.165) is 0 Å². The molecule has 70 valence electrons. The van der Waals surface area contributed by atoms with Gasteiger partial charge in [0, 0.05) is 21.1 Å². The Morgan fingerprint density at radius 2 is 1.83 bits per heavy atom. The standard InChI is InChI=1S/C5H9NO2.C2H5NO/c1-6(2)5(8)3-4-7;1-3-2-4/h4H,3H2,1-2H3;2H,1H3,(H,3,4). The van der Waals surface area contributed by atoms with Gasteiger partial charge < -0.3 is 15.0 Å². The molecule has 0 aliphatic rings. The molecule has 1 N–H and O–H groups in total. The van der Waals surface area contributed by atoms with E-state index < -0.39 is 0 Å². The maximum Gasteiger partial charge on any atom is 0.229 e. The van der Waals surface area contributed by atoms with Gasteiger partial charge in [0.25, 0.3) is 0 Å². The lowest BCUT2D eigenvalue weighted by Gasteiger charge is -2.05. The van der Waals surface area contributed by atoms with Crippen molar-refractivity contribution in [3.8, 4) is 0 Å². The molecule has 0 bridgehead atoms. The first-order valence-electron chi connectivity index (χ1n) is 3.34. The summed E-state index contributed by atoms with van der Waals surface area (Å²) in [7, 11) is 4.80. The number of carbonyl (C=O) groups excluding carboxylic acids is 3. The van der Waals surface area contributed by atoms with Gasteiger partial charge in [0.15, 0.2) is 0 Å². The third-order valence-electron chi connectivity index (χ3n) is 0.875. The van der Waals surface area contributed by atoms with Crippen LogP contribution in [0.5, 0.6) is 0 Å². The summed E-state index contributed by atoms with van der Waals surface area (Å²) in [5.41, 5.74) is 0. The summed E-state index contributed by atoms with van der Waals surface area (Å²) in [5, 5.41) is 2.25. The molecule has 5 heteroatoms. The fraction of sp³-hybridized carbons (Fsp3) is 0.571. The molecule has 0 saturated carbocycles. The van der Waals surface area contributed by atoms with Crippen LogP contribution < -0.4 is 5.32 Å². The second kappa shape index (κ2) is 9.61. The second-order valence-corrected chi connectivity index (χ2v) is 2.07. The fourth-order valence-electron chi connectivity index (χ4n) is 0.254. The molecule has 5 nitrogen and oxygen atoms in total. The molecule has 0 aromatic carbocycles. The Kier molecular flexibility index (Phi) is 10.6. The van der Waals surface area contributed by atoms with Crippen molar-refractivity contribution in [3.05, 3.63) is 0 Å². The highest BCUT2D eigenvalue weighted by molar-refractivity contribution is 5.87. The van der Waals surface area contributed by atoms with E-state index in [1.807, 2.05) is 0 Å². The van der Waals surface area contributed by atoms with Gasteiger partial charge in [-0.2, -0.15) is 0 Å². The molecule has 0 heterocycles. The summed E-state index contributed by atoms with van der Waals surface area (Å²) < 4.78 is 0. The van der Waals surface area contributed by atoms with Crippen LogP contribution in [0.4, 0.5) is 0 Å². The van der Waals surface area contributed by atoms with Crippen LogP contribution >= 0.6 is 0 Å². The van der Waals surface area contributed by atoms with Crippen molar-refractivity contribution in [1.29, 1.82) is 0 Å². The molecule has 0 aliphatic heterocycles. The molecular formula is C7H14N2O3. The van der Waals surface area contributed by atoms with Crippen molar-refractivity contribution in [1.82, 2.24) is 10.2 Å². The number of nitrogens with one attached hydrogen (secondary N) is 1. The predicted molar refractivity (Wildman–Crippen MR) is 44.5 cm³/mol. The van der Waals surface area contributed by atoms with Crippen molar-refractivity contribution in [2.75, 3.05) is 21.1 Å². The van der Waals surface area contributed by atoms with Gasteiger partial charge in [-0.15, -0.1) is 0 Å². The number of hydrogen-bond acceptors (Lipinski definition) is 3. The molecule has 12 heavy (non-hydrogen) atoms. The summed E-state index contributed by atoms with van der Waals surface area (Å²) in [6.07, 6.45) is 1.22. The van der Waals surface area contributed by atoms with Gasteiger partial charge in [-0.3, -0.25) is 9.59 Å². The minimum Gasteiger partial charge on any atom is -0.362 e.